The Hall–Kier alpha value is -2.47. The minimum absolute atomic E-state index is 0.0308. The number of rotatable bonds is 5. The molecule has 6 heteroatoms. The second-order valence-corrected chi connectivity index (χ2v) is 6.49. The van der Waals surface area contributed by atoms with Crippen LogP contribution >= 0.6 is 0 Å². The highest BCUT2D eigenvalue weighted by molar-refractivity contribution is 5.79. The minimum Gasteiger partial charge on any atom is -0.497 e. The lowest BCUT2D eigenvalue weighted by Crippen LogP contribution is -2.48. The van der Waals surface area contributed by atoms with Gasteiger partial charge in [0.15, 0.2) is 0 Å². The van der Waals surface area contributed by atoms with Gasteiger partial charge in [0.2, 0.25) is 5.91 Å². The normalized spacial score (nSPS) is 19.5. The zero-order valence-corrected chi connectivity index (χ0v) is 14.6. The molecule has 1 aliphatic rings. The van der Waals surface area contributed by atoms with E-state index >= 15 is 0 Å². The Bertz CT molecular complexity index is 716. The van der Waals surface area contributed by atoms with Crippen molar-refractivity contribution in [3.63, 3.8) is 0 Å². The number of carbonyl (C=O) groups is 1. The van der Waals surface area contributed by atoms with E-state index in [2.05, 4.69) is 9.97 Å². The number of hydrogen-bond acceptors (Lipinski definition) is 5. The molecule has 0 bridgehead atoms. The van der Waals surface area contributed by atoms with Crippen LogP contribution in [0.2, 0.25) is 0 Å². The van der Waals surface area contributed by atoms with Gasteiger partial charge >= 0.3 is 0 Å². The Balaban J connectivity index is 1.78. The molecular formula is C19H23N3O3. The van der Waals surface area contributed by atoms with Gasteiger partial charge in [0, 0.05) is 25.1 Å². The Morgan fingerprint density at radius 2 is 2.12 bits per heavy atom. The van der Waals surface area contributed by atoms with Crippen LogP contribution in [0.25, 0.3) is 0 Å². The quantitative estimate of drug-likeness (QED) is 0.899. The zero-order valence-electron chi connectivity index (χ0n) is 14.6. The summed E-state index contributed by atoms with van der Waals surface area (Å²) in [4.78, 5) is 22.7. The van der Waals surface area contributed by atoms with Gasteiger partial charge in [-0.3, -0.25) is 14.8 Å². The Morgan fingerprint density at radius 1 is 1.36 bits per heavy atom. The summed E-state index contributed by atoms with van der Waals surface area (Å²) >= 11 is 0. The number of ether oxygens (including phenoxy) is 1. The van der Waals surface area contributed by atoms with Crippen molar-refractivity contribution < 1.29 is 14.6 Å². The van der Waals surface area contributed by atoms with Gasteiger partial charge in [-0.05, 0) is 37.5 Å². The molecule has 1 amide bonds. The molecule has 1 saturated heterocycles. The lowest BCUT2D eigenvalue weighted by molar-refractivity contribution is -0.137. The second kappa shape index (κ2) is 7.19. The molecule has 0 saturated carbocycles. The first-order chi connectivity index (χ1) is 12.0. The van der Waals surface area contributed by atoms with Crippen LogP contribution in [0.15, 0.2) is 42.9 Å². The number of likely N-dealkylation sites (tertiary alicyclic amines) is 1. The summed E-state index contributed by atoms with van der Waals surface area (Å²) in [7, 11) is 1.61. The van der Waals surface area contributed by atoms with E-state index in [-0.39, 0.29) is 18.4 Å². The number of benzene rings is 1. The van der Waals surface area contributed by atoms with E-state index in [9.17, 15) is 9.90 Å². The first-order valence-corrected chi connectivity index (χ1v) is 8.43. The van der Waals surface area contributed by atoms with Gasteiger partial charge < -0.3 is 14.7 Å². The number of methoxy groups -OCH3 is 1. The van der Waals surface area contributed by atoms with E-state index in [0.717, 1.165) is 24.2 Å². The van der Waals surface area contributed by atoms with Crippen LogP contribution in [0.5, 0.6) is 5.75 Å². The number of aliphatic hydroxyl groups is 1. The molecule has 2 aromatic rings. The van der Waals surface area contributed by atoms with E-state index in [4.69, 9.17) is 4.74 Å². The Kier molecular flexibility index (Phi) is 4.99. The maximum Gasteiger partial charge on any atom is 0.229 e. The van der Waals surface area contributed by atoms with Crippen LogP contribution < -0.4 is 4.74 Å². The smallest absolute Gasteiger partial charge is 0.229 e. The highest BCUT2D eigenvalue weighted by atomic mass is 16.5. The van der Waals surface area contributed by atoms with Crippen LogP contribution in [-0.2, 0) is 16.8 Å². The molecule has 132 valence electrons. The molecule has 2 atom stereocenters. The van der Waals surface area contributed by atoms with Crippen LogP contribution in [0.1, 0.15) is 31.0 Å². The summed E-state index contributed by atoms with van der Waals surface area (Å²) in [6, 6.07) is 7.09. The second-order valence-electron chi connectivity index (χ2n) is 6.49. The number of carbonyl (C=O) groups excluding carboxylic acids is 1. The van der Waals surface area contributed by atoms with Gasteiger partial charge in [0.05, 0.1) is 25.3 Å². The molecule has 2 heterocycles. The zero-order chi connectivity index (χ0) is 17.9. The monoisotopic (exact) mass is 341 g/mol. The maximum atomic E-state index is 12.7. The van der Waals surface area contributed by atoms with Gasteiger partial charge in [-0.25, -0.2) is 0 Å². The predicted octanol–water partition coefficient (Wildman–Crippen LogP) is 1.93. The molecule has 3 rings (SSSR count). The van der Waals surface area contributed by atoms with Gasteiger partial charge in [0.25, 0.3) is 0 Å². The molecule has 0 radical (unpaired) electrons. The lowest BCUT2D eigenvalue weighted by atomic mass is 9.86. The third kappa shape index (κ3) is 3.64. The Morgan fingerprint density at radius 3 is 2.76 bits per heavy atom. The van der Waals surface area contributed by atoms with Gasteiger partial charge in [0.1, 0.15) is 11.4 Å². The molecule has 1 aromatic carbocycles. The van der Waals surface area contributed by atoms with Crippen LogP contribution in [0, 0.1) is 0 Å². The lowest BCUT2D eigenvalue weighted by Gasteiger charge is -2.37. The highest BCUT2D eigenvalue weighted by Gasteiger charge is 2.42. The van der Waals surface area contributed by atoms with Gasteiger partial charge in [-0.2, -0.15) is 0 Å². The summed E-state index contributed by atoms with van der Waals surface area (Å²) in [5.41, 5.74) is 0.292. The summed E-state index contributed by atoms with van der Waals surface area (Å²) < 4.78 is 5.17. The van der Waals surface area contributed by atoms with Crippen LogP contribution in [-0.4, -0.2) is 45.6 Å². The molecule has 0 aliphatic carbocycles. The maximum absolute atomic E-state index is 12.7. The average Bonchev–Trinajstić information content (AvgIpc) is 3.13. The molecule has 6 nitrogen and oxygen atoms in total. The SMILES string of the molecule is COc1ccc([C@@](C)(O)[C@@H]2CCCN2C(=O)Cc2cnccn2)cc1. The number of hydrogen-bond donors (Lipinski definition) is 1. The van der Waals surface area contributed by atoms with E-state index in [0.29, 0.717) is 12.2 Å². The van der Waals surface area contributed by atoms with Crippen LogP contribution in [0.4, 0.5) is 0 Å². The predicted molar refractivity (Wildman–Crippen MR) is 93.0 cm³/mol. The summed E-state index contributed by atoms with van der Waals surface area (Å²) in [6.07, 6.45) is 6.61. The third-order valence-corrected chi connectivity index (χ3v) is 4.85. The van der Waals surface area contributed by atoms with Crippen molar-refractivity contribution >= 4 is 5.91 Å². The molecule has 0 spiro atoms. The van der Waals surface area contributed by atoms with Crippen molar-refractivity contribution in [1.29, 1.82) is 0 Å². The number of amides is 1. The molecule has 1 aromatic heterocycles. The van der Waals surface area contributed by atoms with Gasteiger partial charge in [-0.1, -0.05) is 12.1 Å². The molecule has 25 heavy (non-hydrogen) atoms. The molecule has 0 unspecified atom stereocenters. The first-order valence-electron chi connectivity index (χ1n) is 8.43. The minimum atomic E-state index is -1.12. The molecule has 1 fully saturated rings. The topological polar surface area (TPSA) is 75.6 Å². The third-order valence-electron chi connectivity index (χ3n) is 4.85. The Labute approximate surface area is 147 Å². The standard InChI is InChI=1S/C19H23N3O3/c1-19(24,14-5-7-16(25-2)8-6-14)17-4-3-11-22(17)18(23)12-15-13-20-9-10-21-15/h5-10,13,17,24H,3-4,11-12H2,1-2H3/t17-,19+/m0/s1. The van der Waals surface area contributed by atoms with Crippen molar-refractivity contribution in [3.05, 3.63) is 54.1 Å². The van der Waals surface area contributed by atoms with E-state index in [1.54, 1.807) is 37.5 Å². The van der Waals surface area contributed by atoms with Crippen molar-refractivity contribution in [3.8, 4) is 5.75 Å². The molecule has 1 aliphatic heterocycles. The largest absolute Gasteiger partial charge is 0.497 e. The summed E-state index contributed by atoms with van der Waals surface area (Å²) in [6.45, 7) is 2.42. The van der Waals surface area contributed by atoms with Crippen molar-refractivity contribution in [2.24, 2.45) is 0 Å². The van der Waals surface area contributed by atoms with Gasteiger partial charge in [-0.15, -0.1) is 0 Å². The molecular weight excluding hydrogens is 318 g/mol. The summed E-state index contributed by atoms with van der Waals surface area (Å²) in [5.74, 6) is 0.707. The fourth-order valence-electron chi connectivity index (χ4n) is 3.45. The summed E-state index contributed by atoms with van der Waals surface area (Å²) in [5, 5.41) is 11.2. The number of nitrogens with zero attached hydrogens (tertiary/aromatic N) is 3. The highest BCUT2D eigenvalue weighted by Crippen LogP contribution is 2.35. The van der Waals surface area contributed by atoms with E-state index in [1.807, 2.05) is 24.3 Å². The van der Waals surface area contributed by atoms with E-state index in [1.165, 1.54) is 0 Å². The van der Waals surface area contributed by atoms with Crippen molar-refractivity contribution in [2.75, 3.05) is 13.7 Å². The fourth-order valence-corrected chi connectivity index (χ4v) is 3.45. The van der Waals surface area contributed by atoms with E-state index < -0.39 is 5.60 Å². The fraction of sp³-hybridized carbons (Fsp3) is 0.421. The molecule has 1 N–H and O–H groups in total. The number of aromatic nitrogens is 2. The average molecular weight is 341 g/mol. The van der Waals surface area contributed by atoms with Crippen molar-refractivity contribution in [1.82, 2.24) is 14.9 Å². The van der Waals surface area contributed by atoms with Crippen molar-refractivity contribution in [2.45, 2.75) is 37.8 Å². The first kappa shape index (κ1) is 17.4. The van der Waals surface area contributed by atoms with Crippen LogP contribution in [0.3, 0.4) is 0 Å².